The van der Waals surface area contributed by atoms with E-state index in [1.807, 2.05) is 0 Å². The van der Waals surface area contributed by atoms with E-state index in [0.29, 0.717) is 31.9 Å². The summed E-state index contributed by atoms with van der Waals surface area (Å²) < 4.78 is 146. The maximum Gasteiger partial charge on any atom is 0.417 e. The molecule has 0 aliphatic carbocycles. The first kappa shape index (κ1) is 61.3. The zero-order valence-electron chi connectivity index (χ0n) is 37.9. The zero-order valence-corrected chi connectivity index (χ0v) is 42.6. The molecule has 1 unspecified atom stereocenters. The Hall–Kier alpha value is -6.23. The van der Waals surface area contributed by atoms with Crippen molar-refractivity contribution in [3.63, 3.8) is 0 Å². The summed E-state index contributed by atoms with van der Waals surface area (Å²) in [7, 11) is -7.24. The molecule has 4 aromatic carbocycles. The molecule has 0 spiro atoms. The number of aromatic nitrogens is 2. The molecule has 18 nitrogen and oxygen atoms in total. The highest BCUT2D eigenvalue weighted by Crippen LogP contribution is 2.41. The standard InChI is InChI=1S/C22H18Cl2F3N3O6S.C22H16Cl2F3N3O6S.CH4/c2*1-12-7-19(20(28-10-12)21(31)15-8-13(30(32)33)3-5-17(15)23)29(11-36-2)37(34,35)14-4-6-18(24)16(9-14)22(25,26)27;/h3-10,21,31H,11H2,1-2H3;3-10H,11H2,1-2H3;1H4. The molecule has 0 saturated heterocycles. The molecule has 0 fully saturated rings. The Morgan fingerprint density at radius 1 is 0.653 bits per heavy atom. The van der Waals surface area contributed by atoms with E-state index in [2.05, 4.69) is 9.97 Å². The van der Waals surface area contributed by atoms with Gasteiger partial charge >= 0.3 is 12.4 Å². The van der Waals surface area contributed by atoms with Crippen LogP contribution >= 0.6 is 46.4 Å². The molecule has 1 atom stereocenters. The van der Waals surface area contributed by atoms with Gasteiger partial charge in [-0.1, -0.05) is 53.8 Å². The highest BCUT2D eigenvalue weighted by molar-refractivity contribution is 7.93. The number of non-ortho nitro benzene ring substituents is 2. The first-order chi connectivity index (χ1) is 34.4. The number of carbonyl (C=O) groups excluding carboxylic acids is 1. The molecule has 2 aromatic heterocycles. The number of sulfonamides is 2. The minimum atomic E-state index is -4.94. The average molecular weight is 1170 g/mol. The summed E-state index contributed by atoms with van der Waals surface area (Å²) in [5, 5.41) is 31.8. The van der Waals surface area contributed by atoms with Crippen molar-refractivity contribution in [2.75, 3.05) is 36.3 Å². The number of halogens is 10. The van der Waals surface area contributed by atoms with Crippen molar-refractivity contribution < 1.29 is 72.4 Å². The van der Waals surface area contributed by atoms with Crippen LogP contribution in [0.5, 0.6) is 0 Å². The third kappa shape index (κ3) is 13.8. The highest BCUT2D eigenvalue weighted by Gasteiger charge is 2.39. The summed E-state index contributed by atoms with van der Waals surface area (Å²) in [4.78, 5) is 40.9. The van der Waals surface area contributed by atoms with E-state index in [9.17, 15) is 73.3 Å². The van der Waals surface area contributed by atoms with Crippen LogP contribution in [0.1, 0.15) is 63.1 Å². The Morgan fingerprint density at radius 3 is 1.52 bits per heavy atom. The Bertz CT molecular complexity index is 3400. The zero-order chi connectivity index (χ0) is 55.4. The van der Waals surface area contributed by atoms with Crippen molar-refractivity contribution in [2.24, 2.45) is 0 Å². The second-order valence-electron chi connectivity index (χ2n) is 15.2. The number of ether oxygens (including phenoxy) is 2. The van der Waals surface area contributed by atoms with Crippen LogP contribution < -0.4 is 8.61 Å². The molecule has 75 heavy (non-hydrogen) atoms. The molecular formula is C45H38Cl4F6N6O12S2. The summed E-state index contributed by atoms with van der Waals surface area (Å²) in [5.41, 5.74) is -4.63. The maximum atomic E-state index is 13.6. The van der Waals surface area contributed by atoms with Crippen LogP contribution in [0.25, 0.3) is 0 Å². The number of aliphatic hydroxyl groups excluding tert-OH is 1. The molecule has 30 heteroatoms. The predicted octanol–water partition coefficient (Wildman–Crippen LogP) is 11.8. The first-order valence-electron chi connectivity index (χ1n) is 20.2. The van der Waals surface area contributed by atoms with Gasteiger partial charge in [-0.2, -0.15) is 26.3 Å². The topological polar surface area (TPSA) is 243 Å². The van der Waals surface area contributed by atoms with E-state index in [-0.39, 0.29) is 45.7 Å². The quantitative estimate of drug-likeness (QED) is 0.0312. The van der Waals surface area contributed by atoms with Gasteiger partial charge in [-0.15, -0.1) is 0 Å². The molecule has 1 N–H and O–H groups in total. The van der Waals surface area contributed by atoms with Gasteiger partial charge in [-0.05, 0) is 85.6 Å². The van der Waals surface area contributed by atoms with Gasteiger partial charge in [0.15, 0.2) is 0 Å². The fourth-order valence-electron chi connectivity index (χ4n) is 6.61. The van der Waals surface area contributed by atoms with Gasteiger partial charge in [0, 0.05) is 67.0 Å². The van der Waals surface area contributed by atoms with Crippen LogP contribution in [0, 0.1) is 34.1 Å². The lowest BCUT2D eigenvalue weighted by Crippen LogP contribution is -2.34. The number of rotatable bonds is 16. The van der Waals surface area contributed by atoms with Gasteiger partial charge in [-0.3, -0.25) is 35.0 Å². The average Bonchev–Trinajstić information content (AvgIpc) is 3.31. The first-order valence-corrected chi connectivity index (χ1v) is 24.6. The normalized spacial score (nSPS) is 12.2. The summed E-state index contributed by atoms with van der Waals surface area (Å²) in [5.74, 6) is -0.966. The monoisotopic (exact) mass is 1170 g/mol. The van der Waals surface area contributed by atoms with Crippen molar-refractivity contribution in [2.45, 2.75) is 49.5 Å². The Labute approximate surface area is 443 Å². The molecule has 0 aliphatic rings. The summed E-state index contributed by atoms with van der Waals surface area (Å²) in [6.45, 7) is 1.70. The van der Waals surface area contributed by atoms with E-state index in [1.165, 1.54) is 37.5 Å². The Kier molecular flexibility index (Phi) is 19.8. The van der Waals surface area contributed by atoms with Crippen molar-refractivity contribution in [1.29, 1.82) is 0 Å². The molecule has 0 aliphatic heterocycles. The summed E-state index contributed by atoms with van der Waals surface area (Å²) in [6, 6.07) is 13.1. The number of hydrogen-bond acceptors (Lipinski definition) is 14. The van der Waals surface area contributed by atoms with Gasteiger partial charge < -0.3 is 14.6 Å². The number of pyridine rings is 2. The van der Waals surface area contributed by atoms with Crippen LogP contribution in [-0.4, -0.2) is 75.2 Å². The number of hydrogen-bond donors (Lipinski definition) is 1. The lowest BCUT2D eigenvalue weighted by Gasteiger charge is -2.27. The number of nitro groups is 2. The van der Waals surface area contributed by atoms with Crippen molar-refractivity contribution >= 4 is 95.0 Å². The van der Waals surface area contributed by atoms with Gasteiger partial charge in [0.1, 0.15) is 25.3 Å². The van der Waals surface area contributed by atoms with Gasteiger partial charge in [0.2, 0.25) is 5.78 Å². The lowest BCUT2D eigenvalue weighted by atomic mass is 10.0. The minimum Gasteiger partial charge on any atom is -0.382 e. The smallest absolute Gasteiger partial charge is 0.382 e. The fourth-order valence-corrected chi connectivity index (χ4v) is 10.3. The van der Waals surface area contributed by atoms with Crippen molar-refractivity contribution in [1.82, 2.24) is 9.97 Å². The number of anilines is 2. The minimum absolute atomic E-state index is 0. The second kappa shape index (κ2) is 24.2. The Balaban J connectivity index is 0.000000320. The SMILES string of the molecule is C.COCN(c1cc(C)cnc1C(=O)c1cc([N+](=O)[O-])ccc1Cl)S(=O)(=O)c1ccc(Cl)c(C(F)(F)F)c1.COCN(c1cc(C)cnc1C(O)c1cc([N+](=O)[O-])ccc1Cl)S(=O)(=O)c1ccc(Cl)c(C(F)(F)F)c1. The van der Waals surface area contributed by atoms with Crippen LogP contribution in [0.15, 0.2) is 107 Å². The summed E-state index contributed by atoms with van der Waals surface area (Å²) >= 11 is 23.5. The van der Waals surface area contributed by atoms with E-state index >= 15 is 0 Å². The molecule has 0 amide bonds. The van der Waals surface area contributed by atoms with E-state index < -0.39 is 116 Å². The number of methoxy groups -OCH3 is 2. The van der Waals surface area contributed by atoms with Crippen LogP contribution in [-0.2, 0) is 41.9 Å². The molecule has 402 valence electrons. The number of benzene rings is 4. The number of nitro benzene ring substituents is 2. The molecule has 0 saturated carbocycles. The van der Waals surface area contributed by atoms with E-state index in [0.717, 1.165) is 68.8 Å². The summed E-state index contributed by atoms with van der Waals surface area (Å²) in [6.07, 6.45) is -9.09. The highest BCUT2D eigenvalue weighted by atomic mass is 35.5. The predicted molar refractivity (Wildman–Crippen MR) is 264 cm³/mol. The largest absolute Gasteiger partial charge is 0.417 e. The van der Waals surface area contributed by atoms with Gasteiger partial charge in [0.25, 0.3) is 31.4 Å². The molecule has 6 aromatic rings. The van der Waals surface area contributed by atoms with E-state index in [4.69, 9.17) is 55.9 Å². The van der Waals surface area contributed by atoms with Crippen LogP contribution in [0.3, 0.4) is 0 Å². The lowest BCUT2D eigenvalue weighted by molar-refractivity contribution is -0.385. The maximum absolute atomic E-state index is 13.6. The number of nitrogens with zero attached hydrogens (tertiary/aromatic N) is 6. The fraction of sp³-hybridized carbons (Fsp3) is 0.222. The molecule has 6 rings (SSSR count). The van der Waals surface area contributed by atoms with E-state index in [1.54, 1.807) is 6.92 Å². The number of aliphatic hydroxyl groups is 1. The second-order valence-corrected chi connectivity index (χ2v) is 20.6. The number of carbonyl (C=O) groups is 1. The third-order valence-corrected chi connectivity index (χ3v) is 14.9. The third-order valence-electron chi connectivity index (χ3n) is 10.1. The molecule has 0 radical (unpaired) electrons. The molecular weight excluding hydrogens is 1140 g/mol. The van der Waals surface area contributed by atoms with Crippen molar-refractivity contribution in [3.05, 3.63) is 182 Å². The van der Waals surface area contributed by atoms with Crippen LogP contribution in [0.2, 0.25) is 20.1 Å². The number of alkyl halides is 6. The van der Waals surface area contributed by atoms with Crippen LogP contribution in [0.4, 0.5) is 49.1 Å². The Morgan fingerprint density at radius 2 is 1.07 bits per heavy atom. The van der Waals surface area contributed by atoms with Crippen molar-refractivity contribution in [3.8, 4) is 0 Å². The number of ketones is 1. The van der Waals surface area contributed by atoms with Gasteiger partial charge in [-0.25, -0.2) is 25.4 Å². The number of aryl methyl sites for hydroxylation is 2. The van der Waals surface area contributed by atoms with Gasteiger partial charge in [0.05, 0.1) is 62.9 Å². The molecule has 0 bridgehead atoms. The molecule has 2 heterocycles.